The molecule has 0 aromatic carbocycles. The van der Waals surface area contributed by atoms with Gasteiger partial charge in [0.15, 0.2) is 0 Å². The van der Waals surface area contributed by atoms with Crippen LogP contribution in [0.4, 0.5) is 0 Å². The van der Waals surface area contributed by atoms with Gasteiger partial charge in [-0.05, 0) is 43.6 Å². The highest BCUT2D eigenvalue weighted by molar-refractivity contribution is 5.99. The van der Waals surface area contributed by atoms with Crippen molar-refractivity contribution in [2.45, 2.75) is 46.1 Å². The molecule has 2 amide bonds. The van der Waals surface area contributed by atoms with E-state index < -0.39 is 6.04 Å². The zero-order valence-electron chi connectivity index (χ0n) is 14.2. The summed E-state index contributed by atoms with van der Waals surface area (Å²) in [6, 6.07) is -0.631. The third-order valence-corrected chi connectivity index (χ3v) is 4.20. The molecule has 130 valence electrons. The number of carbonyl (C=O) groups is 2. The molecule has 3 N–H and O–H groups in total. The molecule has 23 heavy (non-hydrogen) atoms. The predicted octanol–water partition coefficient (Wildman–Crippen LogP) is 1.98. The summed E-state index contributed by atoms with van der Waals surface area (Å²) in [5.74, 6) is 0.358. The molecule has 1 aliphatic heterocycles. The molecule has 2 rings (SSSR count). The molecule has 0 fully saturated rings. The second-order valence-electron chi connectivity index (χ2n) is 6.72. The van der Waals surface area contributed by atoms with Gasteiger partial charge in [0.05, 0.1) is 6.04 Å². The Morgan fingerprint density at radius 3 is 2.70 bits per heavy atom. The fourth-order valence-corrected chi connectivity index (χ4v) is 3.06. The van der Waals surface area contributed by atoms with Gasteiger partial charge in [0.1, 0.15) is 5.70 Å². The summed E-state index contributed by atoms with van der Waals surface area (Å²) in [5, 5.41) is 2.78. The summed E-state index contributed by atoms with van der Waals surface area (Å²) in [6.45, 7) is 7.27. The van der Waals surface area contributed by atoms with Crippen LogP contribution in [-0.2, 0) is 9.59 Å². The van der Waals surface area contributed by atoms with Crippen molar-refractivity contribution in [3.63, 3.8) is 0 Å². The minimum atomic E-state index is -0.631. The molecule has 1 aliphatic carbocycles. The largest absolute Gasteiger partial charge is 0.337 e. The first-order valence-corrected chi connectivity index (χ1v) is 8.16. The minimum absolute atomic E-state index is 0. The summed E-state index contributed by atoms with van der Waals surface area (Å²) in [6.07, 6.45) is 7.10. The van der Waals surface area contributed by atoms with Crippen LogP contribution < -0.4 is 11.1 Å². The van der Waals surface area contributed by atoms with Crippen LogP contribution in [0.3, 0.4) is 0 Å². The molecule has 0 aromatic rings. The molecule has 0 saturated heterocycles. The smallest absolute Gasteiger partial charge is 0.270 e. The third-order valence-electron chi connectivity index (χ3n) is 4.20. The van der Waals surface area contributed by atoms with Gasteiger partial charge in [0, 0.05) is 13.1 Å². The van der Waals surface area contributed by atoms with E-state index >= 15 is 0 Å². The lowest BCUT2D eigenvalue weighted by molar-refractivity contribution is -0.130. The van der Waals surface area contributed by atoms with E-state index in [9.17, 15) is 9.59 Å². The van der Waals surface area contributed by atoms with Gasteiger partial charge in [0.25, 0.3) is 5.91 Å². The maximum atomic E-state index is 12.9. The molecule has 2 atom stereocenters. The first kappa shape index (κ1) is 19.7. The number of hydrogen-bond donors (Lipinski definition) is 2. The summed E-state index contributed by atoms with van der Waals surface area (Å²) >= 11 is 0. The first-order valence-electron chi connectivity index (χ1n) is 8.16. The number of allylic oxidation sites excluding steroid dienone is 3. The predicted molar refractivity (Wildman–Crippen MR) is 94.0 cm³/mol. The summed E-state index contributed by atoms with van der Waals surface area (Å²) in [7, 11) is 0. The molecule has 0 saturated carbocycles. The topological polar surface area (TPSA) is 75.4 Å². The molecule has 0 unspecified atom stereocenters. The lowest BCUT2D eigenvalue weighted by Gasteiger charge is -2.24. The second kappa shape index (κ2) is 8.50. The molecule has 0 radical (unpaired) electrons. The Morgan fingerprint density at radius 2 is 2.09 bits per heavy atom. The van der Waals surface area contributed by atoms with E-state index in [4.69, 9.17) is 5.73 Å². The molecule has 6 heteroatoms. The number of rotatable bonds is 4. The lowest BCUT2D eigenvalue weighted by atomic mass is 9.86. The maximum Gasteiger partial charge on any atom is 0.270 e. The van der Waals surface area contributed by atoms with Crippen LogP contribution in [0, 0.1) is 11.8 Å². The van der Waals surface area contributed by atoms with Crippen LogP contribution in [0.15, 0.2) is 23.4 Å². The zero-order valence-corrected chi connectivity index (χ0v) is 15.0. The lowest BCUT2D eigenvalue weighted by Crippen LogP contribution is -2.44. The van der Waals surface area contributed by atoms with Crippen LogP contribution in [0.1, 0.15) is 40.0 Å². The standard InChI is InChI=1S/C17H27N3O2.ClH/c1-11(2)10-20-9-8-13-6-4-5-7-14(13)15(17(20)22)19-16(21)12(3)18;/h5,7,11-13H,4,6,8-10,18H2,1-3H3,(H,19,21);1H/t12-,13-;/m0./s1. The van der Waals surface area contributed by atoms with E-state index in [0.717, 1.165) is 31.4 Å². The van der Waals surface area contributed by atoms with Crippen molar-refractivity contribution in [2.75, 3.05) is 13.1 Å². The van der Waals surface area contributed by atoms with Crippen LogP contribution in [0.25, 0.3) is 0 Å². The molecular weight excluding hydrogens is 314 g/mol. The number of fused-ring (bicyclic) bond motifs is 1. The van der Waals surface area contributed by atoms with Gasteiger partial charge >= 0.3 is 0 Å². The molecule has 0 bridgehead atoms. The van der Waals surface area contributed by atoms with Gasteiger partial charge in [-0.3, -0.25) is 9.59 Å². The Balaban J connectivity index is 0.00000264. The van der Waals surface area contributed by atoms with Crippen molar-refractivity contribution in [3.8, 4) is 0 Å². The highest BCUT2D eigenvalue weighted by atomic mass is 35.5. The number of halogens is 1. The van der Waals surface area contributed by atoms with E-state index in [1.165, 1.54) is 0 Å². The van der Waals surface area contributed by atoms with E-state index in [2.05, 4.69) is 25.2 Å². The van der Waals surface area contributed by atoms with Crippen molar-refractivity contribution >= 4 is 24.2 Å². The van der Waals surface area contributed by atoms with Gasteiger partial charge in [0.2, 0.25) is 5.91 Å². The number of carbonyl (C=O) groups excluding carboxylic acids is 2. The van der Waals surface area contributed by atoms with Crippen molar-refractivity contribution in [3.05, 3.63) is 23.4 Å². The number of nitrogens with one attached hydrogen (secondary N) is 1. The summed E-state index contributed by atoms with van der Waals surface area (Å²) in [4.78, 5) is 26.7. The molecule has 5 nitrogen and oxygen atoms in total. The fraction of sp³-hybridized carbons (Fsp3) is 0.647. The number of amides is 2. The van der Waals surface area contributed by atoms with Gasteiger partial charge in [-0.15, -0.1) is 12.4 Å². The van der Waals surface area contributed by atoms with Crippen LogP contribution >= 0.6 is 12.4 Å². The quantitative estimate of drug-likeness (QED) is 0.821. The normalized spacial score (nSPS) is 22.4. The monoisotopic (exact) mass is 341 g/mol. The average molecular weight is 342 g/mol. The van der Waals surface area contributed by atoms with Crippen LogP contribution in [0.2, 0.25) is 0 Å². The average Bonchev–Trinajstić information content (AvgIpc) is 2.59. The van der Waals surface area contributed by atoms with Crippen molar-refractivity contribution in [1.82, 2.24) is 10.2 Å². The summed E-state index contributed by atoms with van der Waals surface area (Å²) in [5.41, 5.74) is 7.04. The van der Waals surface area contributed by atoms with Crippen molar-refractivity contribution < 1.29 is 9.59 Å². The number of nitrogens with zero attached hydrogens (tertiary/aromatic N) is 1. The van der Waals surface area contributed by atoms with E-state index in [1.807, 2.05) is 11.0 Å². The van der Waals surface area contributed by atoms with Gasteiger partial charge in [-0.1, -0.05) is 26.0 Å². The Hall–Kier alpha value is -1.33. The molecule has 2 aliphatic rings. The molecule has 0 spiro atoms. The summed E-state index contributed by atoms with van der Waals surface area (Å²) < 4.78 is 0. The van der Waals surface area contributed by atoms with Crippen LogP contribution in [0.5, 0.6) is 0 Å². The van der Waals surface area contributed by atoms with Gasteiger partial charge in [-0.2, -0.15) is 0 Å². The first-order chi connectivity index (χ1) is 10.4. The molecule has 0 aromatic heterocycles. The third kappa shape index (κ3) is 4.82. The minimum Gasteiger partial charge on any atom is -0.337 e. The van der Waals surface area contributed by atoms with Crippen molar-refractivity contribution in [2.24, 2.45) is 17.6 Å². The fourth-order valence-electron chi connectivity index (χ4n) is 3.06. The zero-order chi connectivity index (χ0) is 16.3. The Kier molecular flexibility index (Phi) is 7.29. The van der Waals surface area contributed by atoms with Gasteiger partial charge < -0.3 is 16.0 Å². The van der Waals surface area contributed by atoms with E-state index in [1.54, 1.807) is 6.92 Å². The highest BCUT2D eigenvalue weighted by Crippen LogP contribution is 2.32. The van der Waals surface area contributed by atoms with Crippen molar-refractivity contribution in [1.29, 1.82) is 0 Å². The number of hydrogen-bond acceptors (Lipinski definition) is 3. The number of nitrogens with two attached hydrogens (primary N) is 1. The van der Waals surface area contributed by atoms with E-state index in [0.29, 0.717) is 24.1 Å². The van der Waals surface area contributed by atoms with Crippen LogP contribution in [-0.4, -0.2) is 35.8 Å². The SMILES string of the molecule is CC(C)CN1CC[C@@H]2CCC=CC2=C(NC(=O)[C@H](C)N)C1=O.Cl. The van der Waals surface area contributed by atoms with E-state index in [-0.39, 0.29) is 24.2 Å². The Bertz CT molecular complexity index is 512. The maximum absolute atomic E-state index is 12.9. The molecule has 1 heterocycles. The van der Waals surface area contributed by atoms with Gasteiger partial charge in [-0.25, -0.2) is 0 Å². The highest BCUT2D eigenvalue weighted by Gasteiger charge is 2.31. The second-order valence-corrected chi connectivity index (χ2v) is 6.72. The Labute approximate surface area is 144 Å². The Morgan fingerprint density at radius 1 is 1.39 bits per heavy atom. The molecular formula is C17H28ClN3O2.